The summed E-state index contributed by atoms with van der Waals surface area (Å²) in [4.78, 5) is 0. The van der Waals surface area contributed by atoms with Gasteiger partial charge in [0.25, 0.3) is 0 Å². The lowest BCUT2D eigenvalue weighted by Crippen LogP contribution is -2.45. The SMILES string of the molecule is CO[C@H]1[C@H](OCc2ccccc2)O[C@H](CO[Si](C)(C)C(C)(C)C)[C@H]1OC. The molecule has 0 bridgehead atoms. The molecule has 0 N–H and O–H groups in total. The van der Waals surface area contributed by atoms with E-state index >= 15 is 0 Å². The maximum absolute atomic E-state index is 6.34. The standard InChI is InChI=1S/C20H34O5Si/c1-20(2,3)26(6,7)24-14-16-17(21-4)18(22-5)19(25-16)23-13-15-11-9-8-10-12-15/h8-12,16-19H,13-14H2,1-7H3/t16-,17-,18-,19-/m1/s1. The minimum Gasteiger partial charge on any atom is -0.414 e. The molecule has 4 atom stereocenters. The van der Waals surface area contributed by atoms with Crippen LogP contribution in [0, 0.1) is 0 Å². The zero-order chi connectivity index (χ0) is 19.4. The monoisotopic (exact) mass is 382 g/mol. The Hall–Kier alpha value is -0.763. The molecule has 1 heterocycles. The third-order valence-electron chi connectivity index (χ3n) is 5.48. The molecule has 1 aromatic rings. The number of benzene rings is 1. The summed E-state index contributed by atoms with van der Waals surface area (Å²) in [5.74, 6) is 0. The molecule has 1 aliphatic rings. The van der Waals surface area contributed by atoms with Crippen molar-refractivity contribution in [2.24, 2.45) is 0 Å². The van der Waals surface area contributed by atoms with Gasteiger partial charge in [0, 0.05) is 14.2 Å². The fraction of sp³-hybridized carbons (Fsp3) is 0.700. The zero-order valence-electron chi connectivity index (χ0n) is 17.2. The van der Waals surface area contributed by atoms with E-state index in [1.165, 1.54) is 0 Å². The molecule has 1 aliphatic heterocycles. The largest absolute Gasteiger partial charge is 0.414 e. The molecular weight excluding hydrogens is 348 g/mol. The van der Waals surface area contributed by atoms with Crippen molar-refractivity contribution in [3.8, 4) is 0 Å². The summed E-state index contributed by atoms with van der Waals surface area (Å²) in [6.45, 7) is 12.1. The van der Waals surface area contributed by atoms with Crippen LogP contribution < -0.4 is 0 Å². The fourth-order valence-electron chi connectivity index (χ4n) is 2.75. The topological polar surface area (TPSA) is 46.2 Å². The van der Waals surface area contributed by atoms with Crippen LogP contribution in [0.2, 0.25) is 18.1 Å². The molecule has 0 radical (unpaired) electrons. The summed E-state index contributed by atoms with van der Waals surface area (Å²) in [6.07, 6.45) is -1.18. The van der Waals surface area contributed by atoms with Crippen molar-refractivity contribution >= 4 is 8.32 Å². The van der Waals surface area contributed by atoms with Gasteiger partial charge in [0.2, 0.25) is 0 Å². The van der Waals surface area contributed by atoms with E-state index in [0.29, 0.717) is 13.2 Å². The van der Waals surface area contributed by atoms with Gasteiger partial charge in [-0.15, -0.1) is 0 Å². The normalized spacial score (nSPS) is 27.0. The summed E-state index contributed by atoms with van der Waals surface area (Å²) >= 11 is 0. The van der Waals surface area contributed by atoms with E-state index in [1.54, 1.807) is 14.2 Å². The third kappa shape index (κ3) is 5.15. The maximum atomic E-state index is 6.34. The highest BCUT2D eigenvalue weighted by molar-refractivity contribution is 6.74. The van der Waals surface area contributed by atoms with Crippen molar-refractivity contribution in [2.75, 3.05) is 20.8 Å². The molecular formula is C20H34O5Si. The quantitative estimate of drug-likeness (QED) is 0.637. The van der Waals surface area contributed by atoms with Crippen LogP contribution >= 0.6 is 0 Å². The molecule has 1 aromatic carbocycles. The van der Waals surface area contributed by atoms with E-state index in [2.05, 4.69) is 33.9 Å². The van der Waals surface area contributed by atoms with Crippen LogP contribution in [0.15, 0.2) is 30.3 Å². The Morgan fingerprint density at radius 3 is 2.15 bits per heavy atom. The van der Waals surface area contributed by atoms with Crippen molar-refractivity contribution in [1.29, 1.82) is 0 Å². The first-order valence-electron chi connectivity index (χ1n) is 9.20. The van der Waals surface area contributed by atoms with E-state index in [4.69, 9.17) is 23.4 Å². The van der Waals surface area contributed by atoms with Gasteiger partial charge in [0.15, 0.2) is 14.6 Å². The van der Waals surface area contributed by atoms with Crippen LogP contribution in [0.1, 0.15) is 26.3 Å². The zero-order valence-corrected chi connectivity index (χ0v) is 18.2. The van der Waals surface area contributed by atoms with Gasteiger partial charge in [-0.2, -0.15) is 0 Å². The molecule has 0 saturated carbocycles. The highest BCUT2D eigenvalue weighted by atomic mass is 28.4. The van der Waals surface area contributed by atoms with Crippen molar-refractivity contribution < 1.29 is 23.4 Å². The fourth-order valence-corrected chi connectivity index (χ4v) is 3.77. The molecule has 26 heavy (non-hydrogen) atoms. The Morgan fingerprint density at radius 2 is 1.62 bits per heavy atom. The molecule has 0 amide bonds. The van der Waals surface area contributed by atoms with Gasteiger partial charge in [-0.3, -0.25) is 0 Å². The number of hydrogen-bond acceptors (Lipinski definition) is 5. The lowest BCUT2D eigenvalue weighted by Gasteiger charge is -2.37. The molecule has 0 unspecified atom stereocenters. The molecule has 2 rings (SSSR count). The predicted molar refractivity (Wildman–Crippen MR) is 105 cm³/mol. The van der Waals surface area contributed by atoms with E-state index in [9.17, 15) is 0 Å². The van der Waals surface area contributed by atoms with Crippen LogP contribution in [0.4, 0.5) is 0 Å². The number of methoxy groups -OCH3 is 2. The molecule has 148 valence electrons. The first-order chi connectivity index (χ1) is 12.2. The molecule has 1 saturated heterocycles. The molecule has 6 heteroatoms. The summed E-state index contributed by atoms with van der Waals surface area (Å²) in [5.41, 5.74) is 1.10. The Kier molecular flexibility index (Phi) is 7.41. The number of ether oxygens (including phenoxy) is 4. The summed E-state index contributed by atoms with van der Waals surface area (Å²) < 4.78 is 29.7. The minimum absolute atomic E-state index is 0.151. The van der Waals surface area contributed by atoms with Crippen LogP contribution in [-0.4, -0.2) is 53.7 Å². The van der Waals surface area contributed by atoms with E-state index in [1.807, 2.05) is 30.3 Å². The molecule has 1 fully saturated rings. The number of rotatable bonds is 8. The van der Waals surface area contributed by atoms with E-state index < -0.39 is 14.6 Å². The van der Waals surface area contributed by atoms with Crippen molar-refractivity contribution in [3.63, 3.8) is 0 Å². The van der Waals surface area contributed by atoms with Gasteiger partial charge < -0.3 is 23.4 Å². The summed E-state index contributed by atoms with van der Waals surface area (Å²) in [7, 11) is 1.48. The second-order valence-electron chi connectivity index (χ2n) is 8.31. The average Bonchev–Trinajstić information content (AvgIpc) is 2.94. The number of hydrogen-bond donors (Lipinski definition) is 0. The smallest absolute Gasteiger partial charge is 0.192 e. The maximum Gasteiger partial charge on any atom is 0.192 e. The van der Waals surface area contributed by atoms with Gasteiger partial charge in [0.1, 0.15) is 18.3 Å². The van der Waals surface area contributed by atoms with Crippen molar-refractivity contribution in [3.05, 3.63) is 35.9 Å². The van der Waals surface area contributed by atoms with Crippen molar-refractivity contribution in [2.45, 2.75) is 70.1 Å². The molecule has 0 aromatic heterocycles. The highest BCUT2D eigenvalue weighted by Crippen LogP contribution is 2.37. The summed E-state index contributed by atoms with van der Waals surface area (Å²) in [6, 6.07) is 10.0. The molecule has 0 aliphatic carbocycles. The van der Waals surface area contributed by atoms with Gasteiger partial charge in [-0.25, -0.2) is 0 Å². The van der Waals surface area contributed by atoms with Crippen LogP contribution in [0.25, 0.3) is 0 Å². The Morgan fingerprint density at radius 1 is 1.00 bits per heavy atom. The van der Waals surface area contributed by atoms with E-state index in [0.717, 1.165) is 5.56 Å². The lowest BCUT2D eigenvalue weighted by molar-refractivity contribution is -0.180. The Balaban J connectivity index is 1.99. The van der Waals surface area contributed by atoms with Crippen LogP contribution in [-0.2, 0) is 30.0 Å². The third-order valence-corrected chi connectivity index (χ3v) is 9.98. The Labute approximate surface area is 159 Å². The molecule has 5 nitrogen and oxygen atoms in total. The van der Waals surface area contributed by atoms with Gasteiger partial charge in [0.05, 0.1) is 13.2 Å². The lowest BCUT2D eigenvalue weighted by atomic mass is 10.1. The van der Waals surface area contributed by atoms with Crippen LogP contribution in [0.3, 0.4) is 0 Å². The second kappa shape index (κ2) is 8.95. The second-order valence-corrected chi connectivity index (χ2v) is 13.1. The molecule has 0 spiro atoms. The minimum atomic E-state index is -1.86. The van der Waals surface area contributed by atoms with Crippen molar-refractivity contribution in [1.82, 2.24) is 0 Å². The predicted octanol–water partition coefficient (Wildman–Crippen LogP) is 3.98. The first kappa shape index (κ1) is 21.5. The highest BCUT2D eigenvalue weighted by Gasteiger charge is 2.47. The van der Waals surface area contributed by atoms with Crippen LogP contribution in [0.5, 0.6) is 0 Å². The first-order valence-corrected chi connectivity index (χ1v) is 12.1. The van der Waals surface area contributed by atoms with Gasteiger partial charge >= 0.3 is 0 Å². The summed E-state index contributed by atoms with van der Waals surface area (Å²) in [5, 5.41) is 0.151. The van der Waals surface area contributed by atoms with E-state index in [-0.39, 0.29) is 23.4 Å². The average molecular weight is 383 g/mol. The Bertz CT molecular complexity index is 543. The van der Waals surface area contributed by atoms with Gasteiger partial charge in [-0.1, -0.05) is 51.1 Å². The van der Waals surface area contributed by atoms with Gasteiger partial charge in [-0.05, 0) is 23.7 Å².